The molecule has 0 saturated heterocycles. The predicted octanol–water partition coefficient (Wildman–Crippen LogP) is 4.57. The maximum absolute atomic E-state index is 3.61. The first kappa shape index (κ1) is 15.6. The third kappa shape index (κ3) is 5.45. The minimum Gasteiger partial charge on any atom is -0.310 e. The molecule has 0 fully saturated rings. The summed E-state index contributed by atoms with van der Waals surface area (Å²) >= 11 is 2.08. The van der Waals surface area contributed by atoms with Crippen LogP contribution in [0.2, 0.25) is 0 Å². The minimum absolute atomic E-state index is 0.503. The van der Waals surface area contributed by atoms with Crippen molar-refractivity contribution in [2.24, 2.45) is 0 Å². The predicted molar refractivity (Wildman–Crippen MR) is 84.4 cm³/mol. The molecule has 1 unspecified atom stereocenters. The molecule has 0 radical (unpaired) electrons. The Morgan fingerprint density at radius 1 is 1.17 bits per heavy atom. The quantitative estimate of drug-likeness (QED) is 0.656. The molecule has 0 aliphatic heterocycles. The SMILES string of the molecule is CCCCCSCC(NCC)c1ccccc1C. The van der Waals surface area contributed by atoms with Gasteiger partial charge in [-0.3, -0.25) is 0 Å². The fraction of sp³-hybridized carbons (Fsp3) is 0.625. The van der Waals surface area contributed by atoms with Crippen molar-refractivity contribution >= 4 is 11.8 Å². The van der Waals surface area contributed by atoms with E-state index >= 15 is 0 Å². The highest BCUT2D eigenvalue weighted by Gasteiger charge is 2.11. The third-order valence-corrected chi connectivity index (χ3v) is 4.34. The second-order valence-electron chi connectivity index (χ2n) is 4.75. The molecule has 1 atom stereocenters. The molecule has 1 nitrogen and oxygen atoms in total. The van der Waals surface area contributed by atoms with Crippen LogP contribution < -0.4 is 5.32 Å². The van der Waals surface area contributed by atoms with Crippen LogP contribution in [0.1, 0.15) is 50.3 Å². The van der Waals surface area contributed by atoms with E-state index < -0.39 is 0 Å². The lowest BCUT2D eigenvalue weighted by molar-refractivity contribution is 0.603. The van der Waals surface area contributed by atoms with Gasteiger partial charge in [-0.1, -0.05) is 51.0 Å². The number of hydrogen-bond donors (Lipinski definition) is 1. The smallest absolute Gasteiger partial charge is 0.0414 e. The summed E-state index contributed by atoms with van der Waals surface area (Å²) in [7, 11) is 0. The lowest BCUT2D eigenvalue weighted by Crippen LogP contribution is -2.23. The average molecular weight is 265 g/mol. The molecule has 1 N–H and O–H groups in total. The molecule has 1 aromatic carbocycles. The van der Waals surface area contributed by atoms with E-state index in [1.165, 1.54) is 41.9 Å². The molecule has 2 heteroatoms. The molecule has 1 rings (SSSR count). The number of thioether (sulfide) groups is 1. The Balaban J connectivity index is 2.47. The highest BCUT2D eigenvalue weighted by atomic mass is 32.2. The second kappa shape index (κ2) is 9.46. The molecule has 18 heavy (non-hydrogen) atoms. The van der Waals surface area contributed by atoms with Crippen LogP contribution >= 0.6 is 11.8 Å². The molecule has 102 valence electrons. The monoisotopic (exact) mass is 265 g/mol. The van der Waals surface area contributed by atoms with Crippen molar-refractivity contribution in [2.75, 3.05) is 18.1 Å². The first-order valence-corrected chi connectivity index (χ1v) is 8.31. The van der Waals surface area contributed by atoms with Crippen LogP contribution in [0.5, 0.6) is 0 Å². The Bertz CT molecular complexity index is 325. The van der Waals surface area contributed by atoms with Gasteiger partial charge in [0.15, 0.2) is 0 Å². The topological polar surface area (TPSA) is 12.0 Å². The lowest BCUT2D eigenvalue weighted by atomic mass is 10.0. The second-order valence-corrected chi connectivity index (χ2v) is 5.90. The molecule has 0 spiro atoms. The van der Waals surface area contributed by atoms with Crippen molar-refractivity contribution in [1.29, 1.82) is 0 Å². The molecular formula is C16H27NS. The highest BCUT2D eigenvalue weighted by Crippen LogP contribution is 2.22. The van der Waals surface area contributed by atoms with Crippen molar-refractivity contribution in [3.05, 3.63) is 35.4 Å². The van der Waals surface area contributed by atoms with Crippen LogP contribution in [0.25, 0.3) is 0 Å². The van der Waals surface area contributed by atoms with Crippen LogP contribution in [0.15, 0.2) is 24.3 Å². The van der Waals surface area contributed by atoms with E-state index in [0.29, 0.717) is 6.04 Å². The van der Waals surface area contributed by atoms with Crippen molar-refractivity contribution < 1.29 is 0 Å². The maximum Gasteiger partial charge on any atom is 0.0414 e. The third-order valence-electron chi connectivity index (χ3n) is 3.19. The number of aryl methyl sites for hydroxylation is 1. The van der Waals surface area contributed by atoms with E-state index in [1.54, 1.807) is 0 Å². The van der Waals surface area contributed by atoms with Gasteiger partial charge in [0.25, 0.3) is 0 Å². The minimum atomic E-state index is 0.503. The van der Waals surface area contributed by atoms with Gasteiger partial charge in [-0.15, -0.1) is 0 Å². The zero-order valence-electron chi connectivity index (χ0n) is 12.0. The zero-order chi connectivity index (χ0) is 13.2. The maximum atomic E-state index is 3.61. The van der Waals surface area contributed by atoms with Gasteiger partial charge in [0, 0.05) is 11.8 Å². The van der Waals surface area contributed by atoms with Gasteiger partial charge >= 0.3 is 0 Å². The largest absolute Gasteiger partial charge is 0.310 e. The van der Waals surface area contributed by atoms with Crippen LogP contribution in [0.4, 0.5) is 0 Å². The average Bonchev–Trinajstić information content (AvgIpc) is 2.38. The summed E-state index contributed by atoms with van der Waals surface area (Å²) in [5, 5.41) is 3.61. The van der Waals surface area contributed by atoms with Gasteiger partial charge in [0.2, 0.25) is 0 Å². The molecule has 0 amide bonds. The van der Waals surface area contributed by atoms with Gasteiger partial charge in [-0.25, -0.2) is 0 Å². The van der Waals surface area contributed by atoms with Crippen molar-refractivity contribution in [3.63, 3.8) is 0 Å². The molecule has 0 heterocycles. The molecular weight excluding hydrogens is 238 g/mol. The Morgan fingerprint density at radius 2 is 1.94 bits per heavy atom. The van der Waals surface area contributed by atoms with E-state index in [4.69, 9.17) is 0 Å². The van der Waals surface area contributed by atoms with Gasteiger partial charge in [-0.2, -0.15) is 11.8 Å². The van der Waals surface area contributed by atoms with Gasteiger partial charge in [0.05, 0.1) is 0 Å². The van der Waals surface area contributed by atoms with Gasteiger partial charge < -0.3 is 5.32 Å². The van der Waals surface area contributed by atoms with Crippen molar-refractivity contribution in [3.8, 4) is 0 Å². The summed E-state index contributed by atoms with van der Waals surface area (Å²) in [6, 6.07) is 9.24. The Hall–Kier alpha value is -0.470. The highest BCUT2D eigenvalue weighted by molar-refractivity contribution is 7.99. The van der Waals surface area contributed by atoms with E-state index in [0.717, 1.165) is 6.54 Å². The fourth-order valence-electron chi connectivity index (χ4n) is 2.14. The van der Waals surface area contributed by atoms with Gasteiger partial charge in [0.1, 0.15) is 0 Å². The van der Waals surface area contributed by atoms with Crippen LogP contribution in [-0.2, 0) is 0 Å². The summed E-state index contributed by atoms with van der Waals surface area (Å²) in [5.41, 5.74) is 2.86. The number of hydrogen-bond acceptors (Lipinski definition) is 2. The van der Waals surface area contributed by atoms with Crippen LogP contribution in [0.3, 0.4) is 0 Å². The zero-order valence-corrected chi connectivity index (χ0v) is 12.9. The number of nitrogens with one attached hydrogen (secondary N) is 1. The van der Waals surface area contributed by atoms with Crippen molar-refractivity contribution in [1.82, 2.24) is 5.32 Å². The Morgan fingerprint density at radius 3 is 2.61 bits per heavy atom. The first-order chi connectivity index (χ1) is 8.79. The fourth-order valence-corrected chi connectivity index (χ4v) is 3.25. The van der Waals surface area contributed by atoms with Crippen LogP contribution in [-0.4, -0.2) is 18.1 Å². The van der Waals surface area contributed by atoms with E-state index in [9.17, 15) is 0 Å². The molecule has 0 bridgehead atoms. The molecule has 1 aromatic rings. The Kier molecular flexibility index (Phi) is 8.19. The van der Waals surface area contributed by atoms with E-state index in [-0.39, 0.29) is 0 Å². The normalized spacial score (nSPS) is 12.6. The summed E-state index contributed by atoms with van der Waals surface area (Å²) < 4.78 is 0. The molecule has 0 aromatic heterocycles. The summed E-state index contributed by atoms with van der Waals surface area (Å²) in [6.45, 7) is 7.70. The number of benzene rings is 1. The first-order valence-electron chi connectivity index (χ1n) is 7.16. The lowest BCUT2D eigenvalue weighted by Gasteiger charge is -2.20. The molecule has 0 saturated carbocycles. The molecule has 0 aliphatic carbocycles. The van der Waals surface area contributed by atoms with Gasteiger partial charge in [-0.05, 0) is 36.8 Å². The Labute approximate surface area is 117 Å². The summed E-state index contributed by atoms with van der Waals surface area (Å²) in [6.07, 6.45) is 4.03. The number of unbranched alkanes of at least 4 members (excludes halogenated alkanes) is 2. The van der Waals surface area contributed by atoms with Crippen molar-refractivity contribution in [2.45, 2.75) is 46.1 Å². The van der Waals surface area contributed by atoms with E-state index in [1.807, 2.05) is 0 Å². The van der Waals surface area contributed by atoms with Crippen LogP contribution in [0, 0.1) is 6.92 Å². The standard InChI is InChI=1S/C16H27NS/c1-4-6-9-12-18-13-16(17-5-2)15-11-8-7-10-14(15)3/h7-8,10-11,16-17H,4-6,9,12-13H2,1-3H3. The number of rotatable bonds is 9. The molecule has 0 aliphatic rings. The summed E-state index contributed by atoms with van der Waals surface area (Å²) in [4.78, 5) is 0. The van der Waals surface area contributed by atoms with E-state index in [2.05, 4.69) is 62.1 Å². The summed E-state index contributed by atoms with van der Waals surface area (Å²) in [5.74, 6) is 2.48.